The van der Waals surface area contributed by atoms with Crippen molar-refractivity contribution >= 4 is 12.1 Å². The Morgan fingerprint density at radius 3 is 2.05 bits per heavy atom. The van der Waals surface area contributed by atoms with E-state index in [4.69, 9.17) is 4.74 Å². The number of rotatable bonds is 4. The third-order valence-corrected chi connectivity index (χ3v) is 3.95. The first-order chi connectivity index (χ1) is 9.49. The molecule has 0 saturated heterocycles. The van der Waals surface area contributed by atoms with Crippen LogP contribution in [0, 0.1) is 11.3 Å². The van der Waals surface area contributed by atoms with Gasteiger partial charge in [0.15, 0.2) is 0 Å². The fraction of sp³-hybridized carbons (Fsp3) is 0.875. The predicted molar refractivity (Wildman–Crippen MR) is 81.1 cm³/mol. The molecule has 1 fully saturated rings. The number of hydrogen-bond acceptors (Lipinski definition) is 3. The Balaban J connectivity index is 2.36. The van der Waals surface area contributed by atoms with E-state index in [1.807, 2.05) is 20.8 Å². The lowest BCUT2D eigenvalue weighted by molar-refractivity contribution is -0.148. The third kappa shape index (κ3) is 6.36. The average Bonchev–Trinajstić information content (AvgIpc) is 2.28. The van der Waals surface area contributed by atoms with Gasteiger partial charge in [-0.3, -0.25) is 4.79 Å². The number of nitrogens with one attached hydrogen (secondary N) is 1. The smallest absolute Gasteiger partial charge is 0.407 e. The first kappa shape index (κ1) is 17.8. The number of carbonyl (C=O) groups is 2. The molecule has 0 heterocycles. The highest BCUT2D eigenvalue weighted by Crippen LogP contribution is 2.34. The summed E-state index contributed by atoms with van der Waals surface area (Å²) in [6, 6.07) is 0.143. The maximum Gasteiger partial charge on any atom is 0.407 e. The molecule has 122 valence electrons. The van der Waals surface area contributed by atoms with Crippen LogP contribution >= 0.6 is 0 Å². The number of alkyl carbamates (subject to hydrolysis) is 1. The number of aliphatic carboxylic acids is 1. The molecule has 0 aliphatic heterocycles. The van der Waals surface area contributed by atoms with Gasteiger partial charge in [-0.25, -0.2) is 4.79 Å². The molecular weight excluding hydrogens is 270 g/mol. The second kappa shape index (κ2) is 6.67. The summed E-state index contributed by atoms with van der Waals surface area (Å²) in [6.07, 6.45) is 4.02. The molecule has 0 radical (unpaired) electrons. The molecule has 1 rings (SSSR count). The van der Waals surface area contributed by atoms with Crippen molar-refractivity contribution in [3.8, 4) is 0 Å². The predicted octanol–water partition coefficient (Wildman–Crippen LogP) is 3.57. The van der Waals surface area contributed by atoms with Crippen LogP contribution < -0.4 is 5.32 Å². The van der Waals surface area contributed by atoms with E-state index >= 15 is 0 Å². The zero-order valence-corrected chi connectivity index (χ0v) is 13.9. The van der Waals surface area contributed by atoms with Gasteiger partial charge in [0, 0.05) is 6.04 Å². The Morgan fingerprint density at radius 1 is 1.10 bits per heavy atom. The normalized spacial score (nSPS) is 23.5. The summed E-state index contributed by atoms with van der Waals surface area (Å²) in [4.78, 5) is 22.9. The second-order valence-electron chi connectivity index (χ2n) is 7.76. The van der Waals surface area contributed by atoms with E-state index in [-0.39, 0.29) is 12.1 Å². The van der Waals surface area contributed by atoms with Crippen molar-refractivity contribution in [1.82, 2.24) is 5.32 Å². The Bertz CT molecular complexity index is 376. The molecule has 0 aromatic carbocycles. The lowest BCUT2D eigenvalue weighted by Crippen LogP contribution is -2.41. The van der Waals surface area contributed by atoms with Crippen LogP contribution in [0.2, 0.25) is 0 Å². The SMILES string of the molecule is CC(C)(C)OC(=O)NC1CCC(CC(C)(C)C(=O)O)CC1. The van der Waals surface area contributed by atoms with Gasteiger partial charge in [-0.1, -0.05) is 0 Å². The number of carboxylic acid groups (broad SMARTS) is 1. The van der Waals surface area contributed by atoms with E-state index in [2.05, 4.69) is 5.32 Å². The molecule has 21 heavy (non-hydrogen) atoms. The van der Waals surface area contributed by atoms with Crippen molar-refractivity contribution in [2.24, 2.45) is 11.3 Å². The Labute approximate surface area is 127 Å². The van der Waals surface area contributed by atoms with E-state index in [0.717, 1.165) is 25.7 Å². The lowest BCUT2D eigenvalue weighted by Gasteiger charge is -2.33. The molecule has 1 aliphatic carbocycles. The minimum atomic E-state index is -0.739. The number of ether oxygens (including phenoxy) is 1. The van der Waals surface area contributed by atoms with Gasteiger partial charge in [-0.2, -0.15) is 0 Å². The number of hydrogen-bond donors (Lipinski definition) is 2. The minimum Gasteiger partial charge on any atom is -0.481 e. The topological polar surface area (TPSA) is 75.6 Å². The molecule has 0 aromatic rings. The van der Waals surface area contributed by atoms with E-state index in [0.29, 0.717) is 12.3 Å². The van der Waals surface area contributed by atoms with Crippen molar-refractivity contribution in [2.45, 2.75) is 78.4 Å². The maximum atomic E-state index is 11.7. The highest BCUT2D eigenvalue weighted by molar-refractivity contribution is 5.73. The van der Waals surface area contributed by atoms with Gasteiger partial charge >= 0.3 is 12.1 Å². The number of carbonyl (C=O) groups excluding carboxylic acids is 1. The highest BCUT2D eigenvalue weighted by Gasteiger charge is 2.33. The van der Waals surface area contributed by atoms with Crippen molar-refractivity contribution in [3.05, 3.63) is 0 Å². The summed E-state index contributed by atoms with van der Waals surface area (Å²) in [5.41, 5.74) is -1.15. The van der Waals surface area contributed by atoms with Crippen LogP contribution in [-0.4, -0.2) is 28.8 Å². The van der Waals surface area contributed by atoms with Crippen LogP contribution in [0.25, 0.3) is 0 Å². The quantitative estimate of drug-likeness (QED) is 0.832. The van der Waals surface area contributed by atoms with Crippen LogP contribution in [0.15, 0.2) is 0 Å². The Kier molecular flexibility index (Phi) is 5.65. The zero-order valence-electron chi connectivity index (χ0n) is 13.9. The lowest BCUT2D eigenvalue weighted by atomic mass is 9.75. The first-order valence-electron chi connectivity index (χ1n) is 7.72. The van der Waals surface area contributed by atoms with Crippen LogP contribution in [0.4, 0.5) is 4.79 Å². The van der Waals surface area contributed by atoms with Gasteiger partial charge in [0.25, 0.3) is 0 Å². The fourth-order valence-electron chi connectivity index (χ4n) is 2.79. The van der Waals surface area contributed by atoms with Gasteiger partial charge in [0.1, 0.15) is 5.60 Å². The molecule has 2 N–H and O–H groups in total. The number of amides is 1. The molecular formula is C16H29NO4. The van der Waals surface area contributed by atoms with Crippen molar-refractivity contribution in [2.75, 3.05) is 0 Å². The second-order valence-corrected chi connectivity index (χ2v) is 7.76. The Morgan fingerprint density at radius 2 is 1.62 bits per heavy atom. The van der Waals surface area contributed by atoms with Gasteiger partial charge < -0.3 is 15.2 Å². The molecule has 1 amide bonds. The molecule has 0 unspecified atom stereocenters. The van der Waals surface area contributed by atoms with Crippen LogP contribution in [0.1, 0.15) is 66.7 Å². The largest absolute Gasteiger partial charge is 0.481 e. The van der Waals surface area contributed by atoms with Crippen LogP contribution in [0.3, 0.4) is 0 Å². The molecule has 0 aromatic heterocycles. The summed E-state index contributed by atoms with van der Waals surface area (Å²) in [7, 11) is 0. The van der Waals surface area contributed by atoms with Gasteiger partial charge in [0.2, 0.25) is 0 Å². The standard InChI is InChI=1S/C16H29NO4/c1-15(2,3)21-14(20)17-12-8-6-11(7-9-12)10-16(4,5)13(18)19/h11-12H,6-10H2,1-5H3,(H,17,20)(H,18,19). The fourth-order valence-corrected chi connectivity index (χ4v) is 2.79. The summed E-state index contributed by atoms with van der Waals surface area (Å²) in [5.74, 6) is -0.315. The minimum absolute atomic E-state index is 0.143. The highest BCUT2D eigenvalue weighted by atomic mass is 16.6. The van der Waals surface area contributed by atoms with Gasteiger partial charge in [0.05, 0.1) is 5.41 Å². The molecule has 1 aliphatic rings. The van der Waals surface area contributed by atoms with E-state index in [1.165, 1.54) is 0 Å². The van der Waals surface area contributed by atoms with Gasteiger partial charge in [-0.05, 0) is 72.6 Å². The van der Waals surface area contributed by atoms with E-state index in [1.54, 1.807) is 13.8 Å². The van der Waals surface area contributed by atoms with Gasteiger partial charge in [-0.15, -0.1) is 0 Å². The molecule has 5 heteroatoms. The Hall–Kier alpha value is -1.26. The molecule has 1 saturated carbocycles. The molecule has 0 atom stereocenters. The summed E-state index contributed by atoms with van der Waals surface area (Å²) < 4.78 is 5.25. The average molecular weight is 299 g/mol. The molecule has 0 spiro atoms. The zero-order chi connectivity index (χ0) is 16.3. The summed E-state index contributed by atoms with van der Waals surface area (Å²) in [6.45, 7) is 9.09. The molecule has 5 nitrogen and oxygen atoms in total. The van der Waals surface area contributed by atoms with E-state index < -0.39 is 17.0 Å². The summed E-state index contributed by atoms with van der Waals surface area (Å²) >= 11 is 0. The van der Waals surface area contributed by atoms with Crippen molar-refractivity contribution < 1.29 is 19.4 Å². The van der Waals surface area contributed by atoms with Crippen LogP contribution in [0.5, 0.6) is 0 Å². The first-order valence-corrected chi connectivity index (χ1v) is 7.72. The monoisotopic (exact) mass is 299 g/mol. The third-order valence-electron chi connectivity index (χ3n) is 3.95. The number of carboxylic acids is 1. The van der Waals surface area contributed by atoms with Crippen molar-refractivity contribution in [1.29, 1.82) is 0 Å². The van der Waals surface area contributed by atoms with Crippen molar-refractivity contribution in [3.63, 3.8) is 0 Å². The molecule has 0 bridgehead atoms. The summed E-state index contributed by atoms with van der Waals surface area (Å²) in [5, 5.41) is 12.1. The van der Waals surface area contributed by atoms with E-state index in [9.17, 15) is 14.7 Å². The maximum absolute atomic E-state index is 11.7. The van der Waals surface area contributed by atoms with Crippen LogP contribution in [-0.2, 0) is 9.53 Å².